The zero-order chi connectivity index (χ0) is 15.9. The van der Waals surface area contributed by atoms with Gasteiger partial charge in [-0.2, -0.15) is 0 Å². The van der Waals surface area contributed by atoms with Crippen LogP contribution in [0.4, 0.5) is 0 Å². The number of nitrogens with zero attached hydrogens (tertiary/aromatic N) is 1. The van der Waals surface area contributed by atoms with E-state index < -0.39 is 27.2 Å². The Kier molecular flexibility index (Phi) is 14.1. The van der Waals surface area contributed by atoms with Crippen LogP contribution in [0.1, 0.15) is 71.1 Å². The molecule has 21 heavy (non-hydrogen) atoms. The molecule has 2 N–H and O–H groups in total. The van der Waals surface area contributed by atoms with Gasteiger partial charge in [0.15, 0.2) is 6.04 Å². The van der Waals surface area contributed by atoms with E-state index in [1.165, 1.54) is 49.6 Å². The minimum Gasteiger partial charge on any atom is -0.480 e. The summed E-state index contributed by atoms with van der Waals surface area (Å²) in [6.45, 7) is 2.19. The van der Waals surface area contributed by atoms with Crippen LogP contribution in [0.5, 0.6) is 0 Å². The highest BCUT2D eigenvalue weighted by molar-refractivity contribution is 7.20. The van der Waals surface area contributed by atoms with Crippen molar-refractivity contribution in [1.29, 1.82) is 0 Å². The van der Waals surface area contributed by atoms with Gasteiger partial charge in [0.25, 0.3) is 0 Å². The Hall–Kier alpha value is -0.510. The highest BCUT2D eigenvalue weighted by Gasteiger charge is 2.29. The predicted molar refractivity (Wildman–Crippen MR) is 86.1 cm³/mol. The third kappa shape index (κ3) is 10.8. The standard InChI is InChI=1S/C15H30NO4P/c1-2-3-4-5-6-7-8-9-10-11-12-16(21-20)14(13-17)15(18)19/h14,17H,2-13H2,1H3,(H,18,19)/p+1. The van der Waals surface area contributed by atoms with E-state index in [0.29, 0.717) is 6.54 Å². The van der Waals surface area contributed by atoms with Crippen LogP contribution in [0.15, 0.2) is 0 Å². The molecular formula is C15H31NO4P+. The smallest absolute Gasteiger partial charge is 0.421 e. The molecule has 0 aromatic carbocycles. The first-order valence-corrected chi connectivity index (χ1v) is 9.01. The number of aliphatic hydroxyl groups is 1. The number of unbranched alkanes of at least 4 members (excludes halogenated alkanes) is 9. The zero-order valence-corrected chi connectivity index (χ0v) is 14.2. The normalized spacial score (nSPS) is 12.9. The SMILES string of the molecule is CCCCCCCCCCCCN([PH+]=O)C(CO)C(=O)O. The van der Waals surface area contributed by atoms with Crippen molar-refractivity contribution in [3.8, 4) is 0 Å². The first-order chi connectivity index (χ1) is 10.2. The summed E-state index contributed by atoms with van der Waals surface area (Å²) in [6.07, 6.45) is 12.1. The number of rotatable bonds is 15. The van der Waals surface area contributed by atoms with Gasteiger partial charge >= 0.3 is 14.6 Å². The van der Waals surface area contributed by atoms with Crippen LogP contribution in [0.3, 0.4) is 0 Å². The van der Waals surface area contributed by atoms with Gasteiger partial charge in [0.2, 0.25) is 0 Å². The highest BCUT2D eigenvalue weighted by Crippen LogP contribution is 2.15. The lowest BCUT2D eigenvalue weighted by atomic mass is 10.1. The number of carboxylic acids is 1. The molecule has 0 aromatic rings. The lowest BCUT2D eigenvalue weighted by Crippen LogP contribution is -2.38. The molecule has 0 aromatic heterocycles. The number of hydrogen-bond acceptors (Lipinski definition) is 3. The molecule has 0 saturated heterocycles. The number of carboxylic acid groups (broad SMARTS) is 1. The van der Waals surface area contributed by atoms with Crippen molar-refractivity contribution in [2.75, 3.05) is 13.2 Å². The summed E-state index contributed by atoms with van der Waals surface area (Å²) >= 11 is 0. The summed E-state index contributed by atoms with van der Waals surface area (Å²) in [6, 6.07) is -1.04. The topological polar surface area (TPSA) is 77.8 Å². The monoisotopic (exact) mass is 320 g/mol. The van der Waals surface area contributed by atoms with E-state index in [2.05, 4.69) is 6.92 Å². The van der Waals surface area contributed by atoms with Crippen molar-refractivity contribution in [1.82, 2.24) is 4.67 Å². The van der Waals surface area contributed by atoms with Gasteiger partial charge in [-0.15, -0.1) is 0 Å². The quantitative estimate of drug-likeness (QED) is 0.356. The van der Waals surface area contributed by atoms with Gasteiger partial charge in [0.1, 0.15) is 0 Å². The fourth-order valence-corrected chi connectivity index (χ4v) is 2.91. The predicted octanol–water partition coefficient (Wildman–Crippen LogP) is 3.59. The molecular weight excluding hydrogens is 289 g/mol. The van der Waals surface area contributed by atoms with E-state index in [1.54, 1.807) is 0 Å². The Morgan fingerprint density at radius 2 is 1.48 bits per heavy atom. The summed E-state index contributed by atoms with van der Waals surface area (Å²) in [4.78, 5) is 10.9. The van der Waals surface area contributed by atoms with Crippen LogP contribution in [-0.2, 0) is 9.36 Å². The average molecular weight is 320 g/mol. The molecule has 2 unspecified atom stereocenters. The maximum atomic E-state index is 11.0. The molecule has 0 heterocycles. The minimum absolute atomic E-state index is 0.468. The minimum atomic E-state index is -1.12. The number of aliphatic hydroxyl groups excluding tert-OH is 1. The molecule has 0 fully saturated rings. The Morgan fingerprint density at radius 1 is 1.00 bits per heavy atom. The Morgan fingerprint density at radius 3 is 1.86 bits per heavy atom. The van der Waals surface area contributed by atoms with Gasteiger partial charge in [-0.1, -0.05) is 73.9 Å². The molecule has 0 saturated carbocycles. The molecule has 0 aliphatic rings. The number of aliphatic carboxylic acids is 1. The fraction of sp³-hybridized carbons (Fsp3) is 0.933. The van der Waals surface area contributed by atoms with Gasteiger partial charge < -0.3 is 10.2 Å². The summed E-state index contributed by atoms with van der Waals surface area (Å²) in [5, 5.41) is 17.9. The Labute approximate surface area is 130 Å². The molecule has 0 spiro atoms. The molecule has 0 aliphatic carbocycles. The van der Waals surface area contributed by atoms with Crippen molar-refractivity contribution in [2.45, 2.75) is 77.2 Å². The zero-order valence-electron chi connectivity index (χ0n) is 13.2. The first-order valence-electron chi connectivity index (χ1n) is 8.15. The van der Waals surface area contributed by atoms with Crippen molar-refractivity contribution >= 4 is 14.6 Å². The maximum Gasteiger partial charge on any atom is 0.421 e. The van der Waals surface area contributed by atoms with Crippen LogP contribution < -0.4 is 0 Å². The molecule has 0 bridgehead atoms. The van der Waals surface area contributed by atoms with Crippen LogP contribution >= 0.6 is 8.61 Å². The second kappa shape index (κ2) is 14.4. The molecule has 0 aliphatic heterocycles. The van der Waals surface area contributed by atoms with Gasteiger partial charge in [-0.3, -0.25) is 4.79 Å². The lowest BCUT2D eigenvalue weighted by Gasteiger charge is -2.14. The summed E-state index contributed by atoms with van der Waals surface area (Å²) in [5.74, 6) is -1.12. The second-order valence-corrected chi connectivity index (χ2v) is 6.26. The van der Waals surface area contributed by atoms with E-state index in [4.69, 9.17) is 10.2 Å². The van der Waals surface area contributed by atoms with Crippen molar-refractivity contribution in [3.05, 3.63) is 0 Å². The fourth-order valence-electron chi connectivity index (χ4n) is 2.34. The summed E-state index contributed by atoms with van der Waals surface area (Å²) in [5.41, 5.74) is 0. The van der Waals surface area contributed by atoms with Crippen molar-refractivity contribution in [3.63, 3.8) is 0 Å². The molecule has 2 atom stereocenters. The maximum absolute atomic E-state index is 11.0. The molecule has 0 amide bonds. The molecule has 5 nitrogen and oxygen atoms in total. The van der Waals surface area contributed by atoms with Crippen LogP contribution in [0, 0.1) is 0 Å². The second-order valence-electron chi connectivity index (χ2n) is 5.50. The average Bonchev–Trinajstić information content (AvgIpc) is 2.47. The molecule has 0 radical (unpaired) electrons. The van der Waals surface area contributed by atoms with Gasteiger partial charge in [0, 0.05) is 6.54 Å². The lowest BCUT2D eigenvalue weighted by molar-refractivity contribution is -0.142. The van der Waals surface area contributed by atoms with E-state index in [-0.39, 0.29) is 0 Å². The highest BCUT2D eigenvalue weighted by atomic mass is 31.1. The van der Waals surface area contributed by atoms with Gasteiger partial charge in [0.05, 0.1) is 6.61 Å². The van der Waals surface area contributed by atoms with Gasteiger partial charge in [-0.05, 0) is 6.42 Å². The van der Waals surface area contributed by atoms with E-state index in [9.17, 15) is 9.36 Å². The molecule has 124 valence electrons. The Balaban J connectivity index is 3.55. The largest absolute Gasteiger partial charge is 0.480 e. The van der Waals surface area contributed by atoms with Crippen LogP contribution in [0.2, 0.25) is 0 Å². The number of carbonyl (C=O) groups is 1. The summed E-state index contributed by atoms with van der Waals surface area (Å²) < 4.78 is 12.3. The van der Waals surface area contributed by atoms with E-state index >= 15 is 0 Å². The van der Waals surface area contributed by atoms with Crippen LogP contribution in [0.25, 0.3) is 0 Å². The van der Waals surface area contributed by atoms with E-state index in [0.717, 1.165) is 19.3 Å². The Bertz CT molecular complexity index is 276. The molecule has 6 heteroatoms. The van der Waals surface area contributed by atoms with E-state index in [1.807, 2.05) is 0 Å². The van der Waals surface area contributed by atoms with Gasteiger partial charge in [-0.25, -0.2) is 0 Å². The third-order valence-corrected chi connectivity index (χ3v) is 4.47. The molecule has 0 rings (SSSR count). The number of hydrogen-bond donors (Lipinski definition) is 2. The summed E-state index contributed by atoms with van der Waals surface area (Å²) in [7, 11) is -0.817. The first kappa shape index (κ1) is 20.5. The van der Waals surface area contributed by atoms with Crippen molar-refractivity contribution in [2.24, 2.45) is 0 Å². The third-order valence-electron chi connectivity index (χ3n) is 3.70. The van der Waals surface area contributed by atoms with Crippen LogP contribution in [-0.4, -0.2) is 40.0 Å². The van der Waals surface area contributed by atoms with Crippen molar-refractivity contribution < 1.29 is 19.6 Å².